The Morgan fingerprint density at radius 3 is 2.50 bits per heavy atom. The average molecular weight is 505 g/mol. The second-order valence-electron chi connectivity index (χ2n) is 9.58. The third-order valence-corrected chi connectivity index (χ3v) is 7.11. The molecule has 9 heteroatoms. The molecule has 34 heavy (non-hydrogen) atoms. The minimum atomic E-state index is -0.525. The fraction of sp³-hybridized carbons (Fsp3) is 0.480. The Morgan fingerprint density at radius 2 is 1.85 bits per heavy atom. The predicted octanol–water partition coefficient (Wildman–Crippen LogP) is 5.70. The molecule has 1 amide bonds. The zero-order valence-electron chi connectivity index (χ0n) is 19.6. The molecule has 0 N–H and O–H groups in total. The Hall–Kier alpha value is -2.58. The van der Waals surface area contributed by atoms with Crippen LogP contribution in [0.2, 0.25) is 4.34 Å². The topological polar surface area (TPSA) is 76.2 Å². The first-order valence-corrected chi connectivity index (χ1v) is 12.7. The molecule has 2 aromatic rings. The van der Waals surface area contributed by atoms with Gasteiger partial charge in [-0.05, 0) is 76.4 Å². The van der Waals surface area contributed by atoms with E-state index < -0.39 is 11.7 Å². The lowest BCUT2D eigenvalue weighted by Crippen LogP contribution is -2.40. The van der Waals surface area contributed by atoms with Crippen LogP contribution in [0, 0.1) is 0 Å². The van der Waals surface area contributed by atoms with E-state index in [1.165, 1.54) is 11.3 Å². The Balaban J connectivity index is 1.35. The van der Waals surface area contributed by atoms with E-state index in [2.05, 4.69) is 4.90 Å². The van der Waals surface area contributed by atoms with Crippen LogP contribution in [0.3, 0.4) is 0 Å². The molecule has 2 saturated heterocycles. The SMILES string of the molecule is CC(C)(C)OC(=O)C1CCCN1c1ccc(N2CC(CCC(=O)c3ccc(Cl)s3)OC2=O)cc1. The first kappa shape index (κ1) is 24.5. The first-order valence-electron chi connectivity index (χ1n) is 11.5. The van der Waals surface area contributed by atoms with Gasteiger partial charge < -0.3 is 14.4 Å². The average Bonchev–Trinajstić information content (AvgIpc) is 3.51. The van der Waals surface area contributed by atoms with Gasteiger partial charge >= 0.3 is 12.1 Å². The summed E-state index contributed by atoms with van der Waals surface area (Å²) in [5.41, 5.74) is 1.12. The van der Waals surface area contributed by atoms with E-state index in [0.717, 1.165) is 30.8 Å². The van der Waals surface area contributed by atoms with Crippen molar-refractivity contribution in [1.29, 1.82) is 0 Å². The van der Waals surface area contributed by atoms with Crippen molar-refractivity contribution in [3.63, 3.8) is 0 Å². The minimum absolute atomic E-state index is 0.000839. The Kier molecular flexibility index (Phi) is 7.19. The lowest BCUT2D eigenvalue weighted by molar-refractivity contribution is -0.156. The number of esters is 1. The number of nitrogens with zero attached hydrogens (tertiary/aromatic N) is 2. The Morgan fingerprint density at radius 1 is 1.15 bits per heavy atom. The highest BCUT2D eigenvalue weighted by molar-refractivity contribution is 7.18. The number of anilines is 2. The predicted molar refractivity (Wildman–Crippen MR) is 133 cm³/mol. The molecule has 2 unspecified atom stereocenters. The second-order valence-corrected chi connectivity index (χ2v) is 11.3. The summed E-state index contributed by atoms with van der Waals surface area (Å²) in [6.45, 7) is 6.78. The summed E-state index contributed by atoms with van der Waals surface area (Å²) in [6, 6.07) is 10.7. The maximum atomic E-state index is 12.6. The lowest BCUT2D eigenvalue weighted by atomic mass is 10.1. The molecule has 1 aromatic heterocycles. The quantitative estimate of drug-likeness (QED) is 0.355. The van der Waals surface area contributed by atoms with Crippen LogP contribution in [0.1, 0.15) is 56.1 Å². The van der Waals surface area contributed by atoms with Crippen LogP contribution >= 0.6 is 22.9 Å². The molecule has 2 aliphatic heterocycles. The molecular formula is C25H29ClN2O5S. The van der Waals surface area contributed by atoms with E-state index in [-0.39, 0.29) is 23.9 Å². The van der Waals surface area contributed by atoms with Crippen LogP contribution in [0.15, 0.2) is 36.4 Å². The van der Waals surface area contributed by atoms with Gasteiger partial charge in [0.15, 0.2) is 5.78 Å². The summed E-state index contributed by atoms with van der Waals surface area (Å²) in [6.07, 6.45) is 1.66. The molecule has 2 aliphatic rings. The first-order chi connectivity index (χ1) is 16.1. The van der Waals surface area contributed by atoms with Gasteiger partial charge in [-0.1, -0.05) is 11.6 Å². The summed E-state index contributed by atoms with van der Waals surface area (Å²) in [5, 5.41) is 0. The largest absolute Gasteiger partial charge is 0.458 e. The fourth-order valence-electron chi connectivity index (χ4n) is 4.28. The molecule has 0 radical (unpaired) electrons. The fourth-order valence-corrected chi connectivity index (χ4v) is 5.29. The number of hydrogen-bond acceptors (Lipinski definition) is 7. The van der Waals surface area contributed by atoms with E-state index in [0.29, 0.717) is 28.6 Å². The van der Waals surface area contributed by atoms with Crippen LogP contribution in [-0.2, 0) is 14.3 Å². The van der Waals surface area contributed by atoms with Crippen molar-refractivity contribution >= 4 is 52.2 Å². The van der Waals surface area contributed by atoms with Crippen LogP contribution in [0.4, 0.5) is 16.2 Å². The third-order valence-electron chi connectivity index (χ3n) is 5.84. The van der Waals surface area contributed by atoms with Crippen molar-refractivity contribution in [3.05, 3.63) is 45.6 Å². The van der Waals surface area contributed by atoms with Gasteiger partial charge in [-0.15, -0.1) is 11.3 Å². The van der Waals surface area contributed by atoms with E-state index in [9.17, 15) is 14.4 Å². The number of hydrogen-bond donors (Lipinski definition) is 0. The zero-order chi connectivity index (χ0) is 24.5. The maximum absolute atomic E-state index is 12.6. The standard InChI is InChI=1S/C25H29ClN2O5S/c1-25(2,3)33-23(30)19-5-4-14-27(19)16-6-8-17(9-7-16)28-15-18(32-24(28)31)10-11-20(29)21-12-13-22(26)34-21/h6-9,12-13,18-19H,4-5,10-11,14-15H2,1-3H3. The van der Waals surface area contributed by atoms with Gasteiger partial charge in [0.25, 0.3) is 0 Å². The molecule has 3 heterocycles. The Labute approximate surface area is 208 Å². The summed E-state index contributed by atoms with van der Waals surface area (Å²) in [5.74, 6) is -0.208. The molecule has 0 bridgehead atoms. The molecule has 2 atom stereocenters. The molecule has 0 aliphatic carbocycles. The molecule has 4 rings (SSSR count). The normalized spacial score (nSPS) is 20.5. The highest BCUT2D eigenvalue weighted by Gasteiger charge is 2.35. The Bertz CT molecular complexity index is 1060. The van der Waals surface area contributed by atoms with Crippen molar-refractivity contribution in [1.82, 2.24) is 0 Å². The van der Waals surface area contributed by atoms with E-state index in [4.69, 9.17) is 21.1 Å². The number of ketones is 1. The van der Waals surface area contributed by atoms with Gasteiger partial charge in [0.1, 0.15) is 17.7 Å². The number of amides is 1. The van der Waals surface area contributed by atoms with Crippen LogP contribution in [0.5, 0.6) is 0 Å². The number of benzene rings is 1. The van der Waals surface area contributed by atoms with Crippen LogP contribution in [-0.4, -0.2) is 48.7 Å². The molecule has 1 aromatic carbocycles. The van der Waals surface area contributed by atoms with Crippen molar-refractivity contribution in [2.45, 2.75) is 64.2 Å². The summed E-state index contributed by atoms with van der Waals surface area (Å²) >= 11 is 7.16. The van der Waals surface area contributed by atoms with E-state index in [1.807, 2.05) is 45.0 Å². The highest BCUT2D eigenvalue weighted by Crippen LogP contribution is 2.31. The van der Waals surface area contributed by atoms with Crippen molar-refractivity contribution < 1.29 is 23.9 Å². The van der Waals surface area contributed by atoms with Crippen LogP contribution < -0.4 is 9.80 Å². The van der Waals surface area contributed by atoms with Gasteiger partial charge in [0, 0.05) is 24.3 Å². The summed E-state index contributed by atoms with van der Waals surface area (Å²) in [7, 11) is 0. The van der Waals surface area contributed by atoms with E-state index in [1.54, 1.807) is 17.0 Å². The summed E-state index contributed by atoms with van der Waals surface area (Å²) < 4.78 is 11.7. The monoisotopic (exact) mass is 504 g/mol. The highest BCUT2D eigenvalue weighted by atomic mass is 35.5. The van der Waals surface area contributed by atoms with Crippen LogP contribution in [0.25, 0.3) is 0 Å². The number of cyclic esters (lactones) is 1. The second kappa shape index (κ2) is 9.96. The van der Waals surface area contributed by atoms with Gasteiger partial charge in [-0.25, -0.2) is 9.59 Å². The number of Topliss-reactive ketones (excluding diaryl/α,β-unsaturated/α-hetero) is 1. The molecule has 7 nitrogen and oxygen atoms in total. The number of rotatable bonds is 7. The van der Waals surface area contributed by atoms with Crippen molar-refractivity contribution in [2.24, 2.45) is 0 Å². The summed E-state index contributed by atoms with van der Waals surface area (Å²) in [4.78, 5) is 41.7. The molecule has 0 spiro atoms. The zero-order valence-corrected chi connectivity index (χ0v) is 21.2. The number of thiophene rings is 1. The lowest BCUT2D eigenvalue weighted by Gasteiger charge is -2.29. The molecule has 0 saturated carbocycles. The van der Waals surface area contributed by atoms with Gasteiger partial charge in [-0.3, -0.25) is 9.69 Å². The molecule has 2 fully saturated rings. The number of carbonyl (C=O) groups excluding carboxylic acids is 3. The molecule has 182 valence electrons. The number of carbonyl (C=O) groups is 3. The number of halogens is 1. The van der Waals surface area contributed by atoms with Gasteiger partial charge in [-0.2, -0.15) is 0 Å². The number of ether oxygens (including phenoxy) is 2. The van der Waals surface area contributed by atoms with E-state index >= 15 is 0 Å². The molecular weight excluding hydrogens is 476 g/mol. The van der Waals surface area contributed by atoms with Gasteiger partial charge in [0.2, 0.25) is 0 Å². The smallest absolute Gasteiger partial charge is 0.414 e. The van der Waals surface area contributed by atoms with Crippen molar-refractivity contribution in [2.75, 3.05) is 22.9 Å². The van der Waals surface area contributed by atoms with Crippen molar-refractivity contribution in [3.8, 4) is 0 Å². The third kappa shape index (κ3) is 5.73. The van der Waals surface area contributed by atoms with Gasteiger partial charge in [0.05, 0.1) is 15.8 Å². The minimum Gasteiger partial charge on any atom is -0.458 e. The maximum Gasteiger partial charge on any atom is 0.414 e.